The summed E-state index contributed by atoms with van der Waals surface area (Å²) in [5.41, 5.74) is 0. The molecule has 0 aromatic carbocycles. The Hall–Kier alpha value is -0.830. The first-order valence-corrected chi connectivity index (χ1v) is 8.88. The minimum absolute atomic E-state index is 0. The number of aliphatic imine (C=N–C) groups is 1. The van der Waals surface area contributed by atoms with Gasteiger partial charge in [-0.3, -0.25) is 9.79 Å². The third kappa shape index (κ3) is 9.14. The van der Waals surface area contributed by atoms with Crippen LogP contribution in [0.1, 0.15) is 42.8 Å². The Bertz CT molecular complexity index is 451. The van der Waals surface area contributed by atoms with Crippen LogP contribution in [-0.2, 0) is 0 Å². The third-order valence-electron chi connectivity index (χ3n) is 3.17. The van der Waals surface area contributed by atoms with Gasteiger partial charge in [0.1, 0.15) is 0 Å². The van der Waals surface area contributed by atoms with Crippen molar-refractivity contribution in [3.8, 4) is 0 Å². The molecule has 0 atom stereocenters. The number of hydrogen-bond acceptors (Lipinski definition) is 3. The van der Waals surface area contributed by atoms with Crippen molar-refractivity contribution in [2.24, 2.45) is 4.99 Å². The summed E-state index contributed by atoms with van der Waals surface area (Å²) < 4.78 is 0. The molecule has 0 radical (unpaired) electrons. The first-order chi connectivity index (χ1) is 10.7. The van der Waals surface area contributed by atoms with E-state index in [1.165, 1.54) is 17.8 Å². The number of amides is 1. The van der Waals surface area contributed by atoms with E-state index in [4.69, 9.17) is 0 Å². The first kappa shape index (κ1) is 22.2. The maximum atomic E-state index is 11.8. The molecule has 0 fully saturated rings. The van der Waals surface area contributed by atoms with Crippen molar-refractivity contribution < 1.29 is 4.79 Å². The molecule has 1 aromatic heterocycles. The summed E-state index contributed by atoms with van der Waals surface area (Å²) in [5.74, 6) is 0.950. The van der Waals surface area contributed by atoms with Gasteiger partial charge in [0.05, 0.1) is 4.88 Å². The van der Waals surface area contributed by atoms with Crippen LogP contribution >= 0.6 is 35.3 Å². The second-order valence-corrected chi connectivity index (χ2v) is 6.05. The largest absolute Gasteiger partial charge is 0.357 e. The molecule has 0 aliphatic rings. The van der Waals surface area contributed by atoms with Crippen molar-refractivity contribution in [1.29, 1.82) is 0 Å². The Morgan fingerprint density at radius 1 is 1.30 bits per heavy atom. The lowest BCUT2D eigenvalue weighted by atomic mass is 10.3. The monoisotopic (exact) mass is 452 g/mol. The molecule has 132 valence electrons. The topological polar surface area (TPSA) is 56.7 Å². The van der Waals surface area contributed by atoms with E-state index in [-0.39, 0.29) is 29.9 Å². The first-order valence-electron chi connectivity index (χ1n) is 8.00. The molecule has 1 amide bonds. The number of nitrogens with zero attached hydrogens (tertiary/aromatic N) is 2. The maximum Gasteiger partial charge on any atom is 0.261 e. The van der Waals surface area contributed by atoms with Crippen LogP contribution in [0.4, 0.5) is 0 Å². The zero-order valence-electron chi connectivity index (χ0n) is 14.3. The van der Waals surface area contributed by atoms with Gasteiger partial charge in [0.15, 0.2) is 5.96 Å². The minimum atomic E-state index is 0. The van der Waals surface area contributed by atoms with E-state index in [0.717, 1.165) is 36.8 Å². The van der Waals surface area contributed by atoms with Crippen LogP contribution in [-0.4, -0.2) is 50.0 Å². The number of halogens is 1. The summed E-state index contributed by atoms with van der Waals surface area (Å²) in [6.45, 7) is 7.50. The summed E-state index contributed by atoms with van der Waals surface area (Å²) in [6.07, 6.45) is 3.18. The molecule has 5 nitrogen and oxygen atoms in total. The number of nitrogens with one attached hydrogen (secondary N) is 2. The number of hydrogen-bond donors (Lipinski definition) is 2. The Balaban J connectivity index is 0.00000484. The summed E-state index contributed by atoms with van der Waals surface area (Å²) in [6, 6.07) is 3.73. The predicted octanol–water partition coefficient (Wildman–Crippen LogP) is 3.18. The summed E-state index contributed by atoms with van der Waals surface area (Å²) in [7, 11) is 2.07. The second kappa shape index (κ2) is 13.6. The number of carbonyl (C=O) groups excluding carboxylic acids is 1. The zero-order valence-corrected chi connectivity index (χ0v) is 17.4. The molecule has 1 heterocycles. The van der Waals surface area contributed by atoms with Gasteiger partial charge in [-0.1, -0.05) is 19.4 Å². The van der Waals surface area contributed by atoms with Gasteiger partial charge < -0.3 is 15.5 Å². The van der Waals surface area contributed by atoms with Crippen molar-refractivity contribution >= 4 is 47.2 Å². The molecule has 0 unspecified atom stereocenters. The number of unbranched alkanes of at least 4 members (excludes halogenated alkanes) is 1. The fourth-order valence-electron chi connectivity index (χ4n) is 1.93. The van der Waals surface area contributed by atoms with Gasteiger partial charge in [0, 0.05) is 33.2 Å². The smallest absolute Gasteiger partial charge is 0.261 e. The van der Waals surface area contributed by atoms with Gasteiger partial charge in [-0.15, -0.1) is 35.3 Å². The quantitative estimate of drug-likeness (QED) is 0.262. The van der Waals surface area contributed by atoms with E-state index in [0.29, 0.717) is 13.1 Å². The van der Waals surface area contributed by atoms with Gasteiger partial charge in [-0.2, -0.15) is 0 Å². The Morgan fingerprint density at radius 3 is 2.70 bits per heavy atom. The fraction of sp³-hybridized carbons (Fsp3) is 0.625. The van der Waals surface area contributed by atoms with Crippen molar-refractivity contribution in [3.05, 3.63) is 22.4 Å². The average molecular weight is 452 g/mol. The van der Waals surface area contributed by atoms with E-state index in [1.54, 1.807) is 0 Å². The van der Waals surface area contributed by atoms with Crippen molar-refractivity contribution in [2.75, 3.05) is 33.2 Å². The molecule has 7 heteroatoms. The maximum absolute atomic E-state index is 11.8. The van der Waals surface area contributed by atoms with Gasteiger partial charge in [0.2, 0.25) is 0 Å². The molecular weight excluding hydrogens is 423 g/mol. The minimum Gasteiger partial charge on any atom is -0.357 e. The summed E-state index contributed by atoms with van der Waals surface area (Å²) >= 11 is 1.46. The molecule has 2 N–H and O–H groups in total. The van der Waals surface area contributed by atoms with Crippen LogP contribution in [0.5, 0.6) is 0 Å². The average Bonchev–Trinajstić information content (AvgIpc) is 3.05. The predicted molar refractivity (Wildman–Crippen MR) is 110 cm³/mol. The van der Waals surface area contributed by atoms with Crippen LogP contribution in [0.3, 0.4) is 0 Å². The van der Waals surface area contributed by atoms with Gasteiger partial charge in [-0.05, 0) is 31.2 Å². The van der Waals surface area contributed by atoms with E-state index in [2.05, 4.69) is 41.4 Å². The lowest BCUT2D eigenvalue weighted by Gasteiger charge is -2.21. The molecule has 0 aliphatic carbocycles. The second-order valence-electron chi connectivity index (χ2n) is 5.10. The highest BCUT2D eigenvalue weighted by molar-refractivity contribution is 14.0. The molecule has 0 bridgehead atoms. The van der Waals surface area contributed by atoms with Crippen LogP contribution in [0.25, 0.3) is 0 Å². The standard InChI is InChI=1S/C16H28N4OS.HI/c1-4-6-12-20(3)16(17-5-2)19-11-8-10-18-15(21)14-9-7-13-22-14;/h7,9,13H,4-6,8,10-12H2,1-3H3,(H,17,19)(H,18,21);1H. The lowest BCUT2D eigenvalue weighted by molar-refractivity contribution is 0.0957. The molecule has 0 saturated carbocycles. The summed E-state index contributed by atoms with van der Waals surface area (Å²) in [5, 5.41) is 8.14. The SMILES string of the molecule is CCCCN(C)C(=NCCCNC(=O)c1cccs1)NCC.I. The van der Waals surface area contributed by atoms with E-state index in [1.807, 2.05) is 17.5 Å². The highest BCUT2D eigenvalue weighted by Gasteiger charge is 2.06. The molecule has 1 aromatic rings. The Kier molecular flexibility index (Phi) is 13.1. The highest BCUT2D eigenvalue weighted by atomic mass is 127. The zero-order chi connectivity index (χ0) is 16.2. The third-order valence-corrected chi connectivity index (χ3v) is 4.04. The van der Waals surface area contributed by atoms with Crippen molar-refractivity contribution in [3.63, 3.8) is 0 Å². The number of thiophene rings is 1. The van der Waals surface area contributed by atoms with Crippen LogP contribution in [0.2, 0.25) is 0 Å². The van der Waals surface area contributed by atoms with Gasteiger partial charge in [0.25, 0.3) is 5.91 Å². The molecule has 23 heavy (non-hydrogen) atoms. The van der Waals surface area contributed by atoms with E-state index < -0.39 is 0 Å². The van der Waals surface area contributed by atoms with E-state index in [9.17, 15) is 4.79 Å². The fourth-order valence-corrected chi connectivity index (χ4v) is 2.57. The van der Waals surface area contributed by atoms with Crippen molar-refractivity contribution in [2.45, 2.75) is 33.1 Å². The Labute approximate surface area is 161 Å². The number of rotatable bonds is 9. The molecule has 0 spiro atoms. The van der Waals surface area contributed by atoms with Crippen molar-refractivity contribution in [1.82, 2.24) is 15.5 Å². The Morgan fingerprint density at radius 2 is 2.09 bits per heavy atom. The van der Waals surface area contributed by atoms with E-state index >= 15 is 0 Å². The molecule has 0 saturated heterocycles. The van der Waals surface area contributed by atoms with Gasteiger partial charge >= 0.3 is 0 Å². The number of carbonyl (C=O) groups is 1. The molecular formula is C16H29IN4OS. The highest BCUT2D eigenvalue weighted by Crippen LogP contribution is 2.07. The van der Waals surface area contributed by atoms with Crippen LogP contribution in [0, 0.1) is 0 Å². The van der Waals surface area contributed by atoms with Crippen LogP contribution < -0.4 is 10.6 Å². The van der Waals surface area contributed by atoms with Gasteiger partial charge in [-0.25, -0.2) is 0 Å². The number of guanidine groups is 1. The van der Waals surface area contributed by atoms with Crippen LogP contribution in [0.15, 0.2) is 22.5 Å². The normalized spacial score (nSPS) is 10.8. The summed E-state index contributed by atoms with van der Waals surface area (Å²) in [4.78, 5) is 19.3. The lowest BCUT2D eigenvalue weighted by Crippen LogP contribution is -2.39. The molecule has 1 rings (SSSR count). The molecule has 0 aliphatic heterocycles.